The lowest BCUT2D eigenvalue weighted by Crippen LogP contribution is -1.88. The van der Waals surface area contributed by atoms with Gasteiger partial charge in [-0.1, -0.05) is 56.2 Å². The molecule has 1 heteroatoms. The minimum atomic E-state index is 0.320. The number of hydrogen-bond acceptors (Lipinski definition) is 1. The van der Waals surface area contributed by atoms with Gasteiger partial charge in [-0.25, -0.2) is 0 Å². The standard InChI is InChI=1S/C18H30O/c1-3-4-5-6-7-8-9-10-11-12-13-14-15-16-17-18(2)19/h4-5,7-8,10-11H,3,6,9,12-17H2,1-2H3. The van der Waals surface area contributed by atoms with Gasteiger partial charge in [-0.3, -0.25) is 0 Å². The van der Waals surface area contributed by atoms with Gasteiger partial charge >= 0.3 is 0 Å². The van der Waals surface area contributed by atoms with Crippen LogP contribution < -0.4 is 0 Å². The van der Waals surface area contributed by atoms with E-state index >= 15 is 0 Å². The van der Waals surface area contributed by atoms with Crippen LogP contribution in [0.15, 0.2) is 36.5 Å². The second-order valence-corrected chi connectivity index (χ2v) is 4.95. The van der Waals surface area contributed by atoms with Crippen molar-refractivity contribution in [3.05, 3.63) is 36.5 Å². The number of allylic oxidation sites excluding steroid dienone is 6. The van der Waals surface area contributed by atoms with Gasteiger partial charge in [0.15, 0.2) is 0 Å². The summed E-state index contributed by atoms with van der Waals surface area (Å²) < 4.78 is 0. The van der Waals surface area contributed by atoms with Crippen LogP contribution in [-0.2, 0) is 4.79 Å². The zero-order valence-corrected chi connectivity index (χ0v) is 12.7. The van der Waals surface area contributed by atoms with Crippen LogP contribution in [0.25, 0.3) is 0 Å². The van der Waals surface area contributed by atoms with Crippen molar-refractivity contribution in [2.45, 2.75) is 71.6 Å². The van der Waals surface area contributed by atoms with Gasteiger partial charge in [0.1, 0.15) is 5.78 Å². The van der Waals surface area contributed by atoms with Crippen molar-refractivity contribution in [3.8, 4) is 0 Å². The number of unbranched alkanes of at least 4 members (excludes halogenated alkanes) is 4. The molecule has 0 saturated heterocycles. The number of Topliss-reactive ketones (excluding diaryl/α,β-unsaturated/α-hetero) is 1. The first-order valence-corrected chi connectivity index (χ1v) is 7.71. The van der Waals surface area contributed by atoms with Crippen LogP contribution in [0.3, 0.4) is 0 Å². The Morgan fingerprint density at radius 3 is 2.00 bits per heavy atom. The maximum Gasteiger partial charge on any atom is 0.129 e. The number of carbonyl (C=O) groups is 1. The van der Waals surface area contributed by atoms with E-state index in [2.05, 4.69) is 43.4 Å². The molecule has 1 nitrogen and oxygen atoms in total. The van der Waals surface area contributed by atoms with Crippen molar-refractivity contribution in [3.63, 3.8) is 0 Å². The Hall–Kier alpha value is -1.11. The van der Waals surface area contributed by atoms with Crippen molar-refractivity contribution in [2.75, 3.05) is 0 Å². The van der Waals surface area contributed by atoms with E-state index in [0.29, 0.717) is 5.78 Å². The first-order chi connectivity index (χ1) is 9.27. The summed E-state index contributed by atoms with van der Waals surface area (Å²) >= 11 is 0. The molecule has 0 aromatic rings. The molecule has 0 radical (unpaired) electrons. The van der Waals surface area contributed by atoms with Crippen LogP contribution in [0.4, 0.5) is 0 Å². The second-order valence-electron chi connectivity index (χ2n) is 4.95. The summed E-state index contributed by atoms with van der Waals surface area (Å²) in [5, 5.41) is 0. The van der Waals surface area contributed by atoms with E-state index in [9.17, 15) is 4.79 Å². The van der Waals surface area contributed by atoms with E-state index in [4.69, 9.17) is 0 Å². The molecule has 0 aliphatic heterocycles. The molecule has 108 valence electrons. The first kappa shape index (κ1) is 17.9. The smallest absolute Gasteiger partial charge is 0.129 e. The maximum atomic E-state index is 10.7. The fourth-order valence-corrected chi connectivity index (χ4v) is 1.82. The van der Waals surface area contributed by atoms with E-state index in [1.54, 1.807) is 6.92 Å². The Morgan fingerprint density at radius 2 is 1.37 bits per heavy atom. The summed E-state index contributed by atoms with van der Waals surface area (Å²) in [4.78, 5) is 10.7. The van der Waals surface area contributed by atoms with Gasteiger partial charge in [-0.15, -0.1) is 0 Å². The SMILES string of the molecule is CCC=CCC=CCC=CCCCCCCC(C)=O. The molecule has 0 aromatic heterocycles. The highest BCUT2D eigenvalue weighted by Gasteiger charge is 1.92. The third-order valence-corrected chi connectivity index (χ3v) is 2.93. The maximum absolute atomic E-state index is 10.7. The fourth-order valence-electron chi connectivity index (χ4n) is 1.82. The summed E-state index contributed by atoms with van der Waals surface area (Å²) in [6.45, 7) is 3.83. The molecule has 0 rings (SSSR count). The van der Waals surface area contributed by atoms with Crippen molar-refractivity contribution >= 4 is 5.78 Å². The fraction of sp³-hybridized carbons (Fsp3) is 0.611. The Balaban J connectivity index is 3.25. The molecule has 0 amide bonds. The van der Waals surface area contributed by atoms with E-state index in [0.717, 1.165) is 32.1 Å². The third-order valence-electron chi connectivity index (χ3n) is 2.93. The molecule has 0 aliphatic carbocycles. The van der Waals surface area contributed by atoms with Crippen LogP contribution in [0, 0.1) is 0 Å². The molecule has 0 aliphatic rings. The normalized spacial score (nSPS) is 12.1. The van der Waals surface area contributed by atoms with E-state index in [1.165, 1.54) is 25.7 Å². The van der Waals surface area contributed by atoms with E-state index in [-0.39, 0.29) is 0 Å². The van der Waals surface area contributed by atoms with E-state index < -0.39 is 0 Å². The average molecular weight is 262 g/mol. The number of carbonyl (C=O) groups excluding carboxylic acids is 1. The molecular weight excluding hydrogens is 232 g/mol. The molecule has 0 aromatic carbocycles. The Bertz CT molecular complexity index is 284. The summed E-state index contributed by atoms with van der Waals surface area (Å²) in [7, 11) is 0. The van der Waals surface area contributed by atoms with Gasteiger partial charge in [-0.2, -0.15) is 0 Å². The molecule has 0 spiro atoms. The molecular formula is C18H30O. The lowest BCUT2D eigenvalue weighted by atomic mass is 10.1. The van der Waals surface area contributed by atoms with Gasteiger partial charge in [0.05, 0.1) is 0 Å². The minimum absolute atomic E-state index is 0.320. The van der Waals surface area contributed by atoms with Gasteiger partial charge in [0.25, 0.3) is 0 Å². The molecule has 0 N–H and O–H groups in total. The van der Waals surface area contributed by atoms with Gasteiger partial charge in [0.2, 0.25) is 0 Å². The lowest BCUT2D eigenvalue weighted by molar-refractivity contribution is -0.117. The number of ketones is 1. The van der Waals surface area contributed by atoms with Crippen LogP contribution >= 0.6 is 0 Å². The van der Waals surface area contributed by atoms with Crippen molar-refractivity contribution in [1.29, 1.82) is 0 Å². The lowest BCUT2D eigenvalue weighted by Gasteiger charge is -1.97. The predicted octanol–water partition coefficient (Wildman–Crippen LogP) is 5.77. The Kier molecular flexibility index (Phi) is 14.1. The molecule has 0 heterocycles. The van der Waals surface area contributed by atoms with Gasteiger partial charge in [-0.05, 0) is 45.4 Å². The molecule has 0 saturated carbocycles. The highest BCUT2D eigenvalue weighted by atomic mass is 16.1. The largest absolute Gasteiger partial charge is 0.300 e. The highest BCUT2D eigenvalue weighted by molar-refractivity contribution is 5.75. The zero-order valence-electron chi connectivity index (χ0n) is 12.7. The number of hydrogen-bond donors (Lipinski definition) is 0. The molecule has 0 fully saturated rings. The summed E-state index contributed by atoms with van der Waals surface area (Å²) in [5.41, 5.74) is 0. The Morgan fingerprint density at radius 1 is 0.789 bits per heavy atom. The van der Waals surface area contributed by atoms with Crippen molar-refractivity contribution < 1.29 is 4.79 Å². The summed E-state index contributed by atoms with van der Waals surface area (Å²) in [6, 6.07) is 0. The molecule has 19 heavy (non-hydrogen) atoms. The zero-order chi connectivity index (χ0) is 14.2. The first-order valence-electron chi connectivity index (χ1n) is 7.71. The van der Waals surface area contributed by atoms with Crippen molar-refractivity contribution in [1.82, 2.24) is 0 Å². The van der Waals surface area contributed by atoms with Crippen LogP contribution in [0.5, 0.6) is 0 Å². The Labute approximate surface area is 119 Å². The summed E-state index contributed by atoms with van der Waals surface area (Å²) in [5.74, 6) is 0.320. The van der Waals surface area contributed by atoms with Gasteiger partial charge in [0, 0.05) is 6.42 Å². The highest BCUT2D eigenvalue weighted by Crippen LogP contribution is 2.06. The molecule has 0 unspecified atom stereocenters. The number of rotatable bonds is 12. The van der Waals surface area contributed by atoms with Crippen molar-refractivity contribution in [2.24, 2.45) is 0 Å². The third kappa shape index (κ3) is 16.9. The average Bonchev–Trinajstić information content (AvgIpc) is 2.39. The van der Waals surface area contributed by atoms with Crippen LogP contribution in [-0.4, -0.2) is 5.78 Å². The second kappa shape index (κ2) is 14.9. The quantitative estimate of drug-likeness (QED) is 0.322. The van der Waals surface area contributed by atoms with E-state index in [1.807, 2.05) is 0 Å². The minimum Gasteiger partial charge on any atom is -0.300 e. The summed E-state index contributed by atoms with van der Waals surface area (Å²) in [6.07, 6.45) is 23.3. The molecule has 0 atom stereocenters. The predicted molar refractivity (Wildman–Crippen MR) is 85.3 cm³/mol. The molecule has 0 bridgehead atoms. The van der Waals surface area contributed by atoms with Crippen LogP contribution in [0.1, 0.15) is 71.6 Å². The van der Waals surface area contributed by atoms with Gasteiger partial charge < -0.3 is 4.79 Å². The monoisotopic (exact) mass is 262 g/mol. The van der Waals surface area contributed by atoms with Crippen LogP contribution in [0.2, 0.25) is 0 Å². The topological polar surface area (TPSA) is 17.1 Å².